The number of rotatable bonds is 10. The van der Waals surface area contributed by atoms with Crippen molar-refractivity contribution in [3.05, 3.63) is 0 Å². The number of carbonyl (C=O) groups excluding carboxylic acids is 2. The lowest BCUT2D eigenvalue weighted by atomic mass is 10.1. The maximum atomic E-state index is 11.6. The number of carboxylic acids is 1. The van der Waals surface area contributed by atoms with Gasteiger partial charge >= 0.3 is 12.0 Å². The van der Waals surface area contributed by atoms with Crippen LogP contribution in [0.15, 0.2) is 0 Å². The summed E-state index contributed by atoms with van der Waals surface area (Å²) in [6.07, 6.45) is 2.17. The molecule has 0 fully saturated rings. The Labute approximate surface area is 125 Å². The van der Waals surface area contributed by atoms with E-state index in [0.29, 0.717) is 18.9 Å². The Bertz CT molecular complexity index is 345. The van der Waals surface area contributed by atoms with E-state index in [1.807, 2.05) is 20.8 Å². The number of unbranched alkanes of at least 4 members (excludes halogenated alkanes) is 1. The molecule has 0 rings (SSSR count). The molecule has 0 unspecified atom stereocenters. The van der Waals surface area contributed by atoms with E-state index in [9.17, 15) is 14.4 Å². The van der Waals surface area contributed by atoms with Crippen molar-refractivity contribution in [3.63, 3.8) is 0 Å². The van der Waals surface area contributed by atoms with Crippen LogP contribution in [0.5, 0.6) is 0 Å². The van der Waals surface area contributed by atoms with Gasteiger partial charge in [0.1, 0.15) is 6.04 Å². The molecule has 0 aromatic heterocycles. The molecule has 7 heteroatoms. The fourth-order valence-electron chi connectivity index (χ4n) is 1.57. The van der Waals surface area contributed by atoms with E-state index >= 15 is 0 Å². The van der Waals surface area contributed by atoms with E-state index in [2.05, 4.69) is 16.0 Å². The fraction of sp³-hybridized carbons (Fsp3) is 0.786. The van der Waals surface area contributed by atoms with Crippen molar-refractivity contribution in [3.8, 4) is 0 Å². The van der Waals surface area contributed by atoms with Crippen LogP contribution in [-0.4, -0.2) is 42.1 Å². The van der Waals surface area contributed by atoms with E-state index < -0.39 is 18.0 Å². The number of urea groups is 1. The summed E-state index contributed by atoms with van der Waals surface area (Å²) in [5.74, 6) is -0.807. The average molecular weight is 301 g/mol. The van der Waals surface area contributed by atoms with Crippen molar-refractivity contribution >= 4 is 17.9 Å². The Morgan fingerprint density at radius 3 is 2.33 bits per heavy atom. The molecule has 1 atom stereocenters. The predicted molar refractivity (Wildman–Crippen MR) is 79.9 cm³/mol. The van der Waals surface area contributed by atoms with Crippen LogP contribution in [0.4, 0.5) is 4.79 Å². The Morgan fingerprint density at radius 1 is 1.14 bits per heavy atom. The molecule has 0 aromatic carbocycles. The minimum atomic E-state index is -1.05. The van der Waals surface area contributed by atoms with Crippen molar-refractivity contribution in [2.75, 3.05) is 13.1 Å². The Kier molecular flexibility index (Phi) is 10.0. The first-order valence-electron chi connectivity index (χ1n) is 7.40. The van der Waals surface area contributed by atoms with Crippen LogP contribution in [-0.2, 0) is 9.59 Å². The Balaban J connectivity index is 3.91. The molecule has 3 amide bonds. The molecule has 0 aromatic rings. The molecule has 0 radical (unpaired) electrons. The summed E-state index contributed by atoms with van der Waals surface area (Å²) in [6.45, 7) is 6.72. The lowest BCUT2D eigenvalue weighted by Crippen LogP contribution is -2.46. The first kappa shape index (κ1) is 19.2. The Morgan fingerprint density at radius 2 is 1.81 bits per heavy atom. The summed E-state index contributed by atoms with van der Waals surface area (Å²) in [5.41, 5.74) is 0. The highest BCUT2D eigenvalue weighted by atomic mass is 16.4. The summed E-state index contributed by atoms with van der Waals surface area (Å²) in [4.78, 5) is 33.9. The molecule has 0 aliphatic heterocycles. The maximum absolute atomic E-state index is 11.6. The van der Waals surface area contributed by atoms with Crippen molar-refractivity contribution in [1.82, 2.24) is 16.0 Å². The zero-order valence-corrected chi connectivity index (χ0v) is 13.1. The van der Waals surface area contributed by atoms with E-state index in [1.54, 1.807) is 0 Å². The molecule has 0 saturated carbocycles. The third-order valence-corrected chi connectivity index (χ3v) is 2.79. The van der Waals surface area contributed by atoms with Crippen molar-refractivity contribution in [2.45, 2.75) is 52.5 Å². The summed E-state index contributed by atoms with van der Waals surface area (Å²) < 4.78 is 0. The van der Waals surface area contributed by atoms with Gasteiger partial charge in [-0.2, -0.15) is 0 Å². The molecule has 7 nitrogen and oxygen atoms in total. The molecule has 0 aliphatic carbocycles. The predicted octanol–water partition coefficient (Wildman–Crippen LogP) is 1.09. The van der Waals surface area contributed by atoms with Gasteiger partial charge in [0, 0.05) is 19.5 Å². The van der Waals surface area contributed by atoms with Gasteiger partial charge < -0.3 is 21.1 Å². The van der Waals surface area contributed by atoms with Gasteiger partial charge in [-0.3, -0.25) is 4.79 Å². The molecule has 21 heavy (non-hydrogen) atoms. The third-order valence-electron chi connectivity index (χ3n) is 2.79. The number of hydrogen-bond acceptors (Lipinski definition) is 3. The quantitative estimate of drug-likeness (QED) is 0.484. The minimum absolute atomic E-state index is 0.134. The van der Waals surface area contributed by atoms with E-state index in [-0.39, 0.29) is 18.9 Å². The standard InChI is InChI=1S/C14H27N3O4/c1-4-5-6-11(13(19)20)17-14(21)15-8-7-12(18)16-9-10(2)3/h10-11H,4-9H2,1-3H3,(H,16,18)(H,19,20)(H2,15,17,21)/t11-/m0/s1. The topological polar surface area (TPSA) is 108 Å². The van der Waals surface area contributed by atoms with E-state index in [1.165, 1.54) is 0 Å². The monoisotopic (exact) mass is 301 g/mol. The summed E-state index contributed by atoms with van der Waals surface area (Å²) >= 11 is 0. The molecule has 122 valence electrons. The van der Waals surface area contributed by atoms with Crippen molar-refractivity contribution in [2.24, 2.45) is 5.92 Å². The first-order chi connectivity index (χ1) is 9.86. The van der Waals surface area contributed by atoms with Gasteiger partial charge in [-0.25, -0.2) is 9.59 Å². The van der Waals surface area contributed by atoms with Crippen LogP contribution in [0.3, 0.4) is 0 Å². The van der Waals surface area contributed by atoms with Crippen LogP contribution in [0.25, 0.3) is 0 Å². The number of aliphatic carboxylic acids is 1. The SMILES string of the molecule is CCCC[C@H](NC(=O)NCCC(=O)NCC(C)C)C(=O)O. The molecule has 0 heterocycles. The second-order valence-corrected chi connectivity index (χ2v) is 5.38. The number of amides is 3. The van der Waals surface area contributed by atoms with Gasteiger partial charge in [-0.15, -0.1) is 0 Å². The Hall–Kier alpha value is -1.79. The van der Waals surface area contributed by atoms with Crippen LogP contribution in [0.2, 0.25) is 0 Å². The lowest BCUT2D eigenvalue weighted by molar-refractivity contribution is -0.139. The highest BCUT2D eigenvalue weighted by Gasteiger charge is 2.18. The number of nitrogens with one attached hydrogen (secondary N) is 3. The van der Waals surface area contributed by atoms with E-state index in [4.69, 9.17) is 5.11 Å². The van der Waals surface area contributed by atoms with Gasteiger partial charge in [0.05, 0.1) is 0 Å². The molecule has 0 aliphatic rings. The fourth-order valence-corrected chi connectivity index (χ4v) is 1.57. The number of carboxylic acid groups (broad SMARTS) is 1. The summed E-state index contributed by atoms with van der Waals surface area (Å²) in [5, 5.41) is 16.6. The molecule has 0 spiro atoms. The third kappa shape index (κ3) is 10.6. The van der Waals surface area contributed by atoms with Crippen LogP contribution in [0.1, 0.15) is 46.5 Å². The zero-order valence-electron chi connectivity index (χ0n) is 13.1. The maximum Gasteiger partial charge on any atom is 0.326 e. The van der Waals surface area contributed by atoms with Gasteiger partial charge in [-0.1, -0.05) is 33.6 Å². The summed E-state index contributed by atoms with van der Waals surface area (Å²) in [6, 6.07) is -1.45. The van der Waals surface area contributed by atoms with Gasteiger partial charge in [0.15, 0.2) is 0 Å². The van der Waals surface area contributed by atoms with Crippen LogP contribution < -0.4 is 16.0 Å². The molecular formula is C14H27N3O4. The van der Waals surface area contributed by atoms with Gasteiger partial charge in [-0.05, 0) is 12.3 Å². The smallest absolute Gasteiger partial charge is 0.326 e. The molecule has 0 saturated heterocycles. The largest absolute Gasteiger partial charge is 0.480 e. The lowest BCUT2D eigenvalue weighted by Gasteiger charge is -2.14. The minimum Gasteiger partial charge on any atom is -0.480 e. The van der Waals surface area contributed by atoms with Gasteiger partial charge in [0.2, 0.25) is 5.91 Å². The van der Waals surface area contributed by atoms with Gasteiger partial charge in [0.25, 0.3) is 0 Å². The normalized spacial score (nSPS) is 11.8. The molecule has 0 bridgehead atoms. The zero-order chi connectivity index (χ0) is 16.3. The van der Waals surface area contributed by atoms with Crippen molar-refractivity contribution < 1.29 is 19.5 Å². The second-order valence-electron chi connectivity index (χ2n) is 5.38. The van der Waals surface area contributed by atoms with Crippen LogP contribution >= 0.6 is 0 Å². The first-order valence-corrected chi connectivity index (χ1v) is 7.40. The number of carbonyl (C=O) groups is 3. The number of hydrogen-bond donors (Lipinski definition) is 4. The second kappa shape index (κ2) is 10.9. The molecular weight excluding hydrogens is 274 g/mol. The van der Waals surface area contributed by atoms with Crippen molar-refractivity contribution in [1.29, 1.82) is 0 Å². The average Bonchev–Trinajstić information content (AvgIpc) is 2.40. The molecule has 4 N–H and O–H groups in total. The highest BCUT2D eigenvalue weighted by Crippen LogP contribution is 2.00. The van der Waals surface area contributed by atoms with E-state index in [0.717, 1.165) is 12.8 Å². The van der Waals surface area contributed by atoms with Crippen LogP contribution in [0, 0.1) is 5.92 Å². The highest BCUT2D eigenvalue weighted by molar-refractivity contribution is 5.83. The summed E-state index contributed by atoms with van der Waals surface area (Å²) in [7, 11) is 0.